The third-order valence-electron chi connectivity index (χ3n) is 4.11. The number of nitrogens with one attached hydrogen (secondary N) is 1. The molecule has 1 aliphatic heterocycles. The summed E-state index contributed by atoms with van der Waals surface area (Å²) in [5.41, 5.74) is -0.611. The summed E-state index contributed by atoms with van der Waals surface area (Å²) in [7, 11) is -3.64. The Labute approximate surface area is 141 Å². The average Bonchev–Trinajstić information content (AvgIpc) is 2.96. The number of likely N-dealkylation sites (tertiary alicyclic amines) is 1. The van der Waals surface area contributed by atoms with Crippen LogP contribution in [0.2, 0.25) is 0 Å². The number of amides is 1. The molecule has 130 valence electrons. The summed E-state index contributed by atoms with van der Waals surface area (Å²) in [6.07, 6.45) is 1.83. The maximum atomic E-state index is 12.4. The first-order valence-corrected chi connectivity index (χ1v) is 8.91. The number of hydrogen-bond acceptors (Lipinski definition) is 4. The van der Waals surface area contributed by atoms with Crippen LogP contribution in [0.1, 0.15) is 23.7 Å². The van der Waals surface area contributed by atoms with E-state index in [1.165, 1.54) is 35.2 Å². The molecule has 0 radical (unpaired) electrons. The standard InChI is InChI=1S/C16H20N2O5S/c1-3-9-17-24(22,23)13-6-4-12(5-7-13)14(19)18-10-8-16(2,11-18)15(20)21/h3-7,17H,1,8-11H2,2H3,(H,20,21). The van der Waals surface area contributed by atoms with Gasteiger partial charge in [0.1, 0.15) is 0 Å². The molecule has 0 spiro atoms. The molecule has 0 bridgehead atoms. The van der Waals surface area contributed by atoms with Gasteiger partial charge in [0.15, 0.2) is 0 Å². The Morgan fingerprint density at radius 3 is 2.50 bits per heavy atom. The van der Waals surface area contributed by atoms with Gasteiger partial charge in [-0.15, -0.1) is 6.58 Å². The van der Waals surface area contributed by atoms with E-state index in [1.807, 2.05) is 0 Å². The molecule has 2 N–H and O–H groups in total. The molecule has 1 aromatic carbocycles. The molecule has 1 atom stereocenters. The smallest absolute Gasteiger partial charge is 0.311 e. The topological polar surface area (TPSA) is 104 Å². The van der Waals surface area contributed by atoms with E-state index in [2.05, 4.69) is 11.3 Å². The first-order valence-electron chi connectivity index (χ1n) is 7.43. The van der Waals surface area contributed by atoms with Crippen molar-refractivity contribution in [2.45, 2.75) is 18.2 Å². The summed E-state index contributed by atoms with van der Waals surface area (Å²) in [6, 6.07) is 5.57. The predicted octanol–water partition coefficient (Wildman–Crippen LogP) is 1.09. The van der Waals surface area contributed by atoms with Gasteiger partial charge in [-0.1, -0.05) is 6.08 Å². The maximum absolute atomic E-state index is 12.4. The number of hydrogen-bond donors (Lipinski definition) is 2. The molecule has 1 saturated heterocycles. The Kier molecular flexibility index (Phi) is 5.10. The highest BCUT2D eigenvalue weighted by Crippen LogP contribution is 2.31. The minimum absolute atomic E-state index is 0.0534. The quantitative estimate of drug-likeness (QED) is 0.746. The Balaban J connectivity index is 2.13. The van der Waals surface area contributed by atoms with Crippen molar-refractivity contribution >= 4 is 21.9 Å². The summed E-state index contributed by atoms with van der Waals surface area (Å²) < 4.78 is 26.3. The lowest BCUT2D eigenvalue weighted by molar-refractivity contribution is -0.147. The number of carboxylic acid groups (broad SMARTS) is 1. The Bertz CT molecular complexity index is 757. The second-order valence-corrected chi connectivity index (χ2v) is 7.77. The number of aliphatic carboxylic acids is 1. The minimum atomic E-state index is -3.64. The van der Waals surface area contributed by atoms with Crippen LogP contribution in [-0.4, -0.2) is 49.9 Å². The van der Waals surface area contributed by atoms with E-state index in [4.69, 9.17) is 0 Å². The van der Waals surface area contributed by atoms with Crippen LogP contribution in [0.5, 0.6) is 0 Å². The summed E-state index contributed by atoms with van der Waals surface area (Å²) in [5, 5.41) is 9.22. The number of carbonyl (C=O) groups is 2. The van der Waals surface area contributed by atoms with Gasteiger partial charge in [-0.3, -0.25) is 9.59 Å². The van der Waals surface area contributed by atoms with E-state index >= 15 is 0 Å². The molecule has 1 heterocycles. The molecule has 2 rings (SSSR count). The molecule has 0 saturated carbocycles. The SMILES string of the molecule is C=CCNS(=O)(=O)c1ccc(C(=O)N2CCC(C)(C(=O)O)C2)cc1. The summed E-state index contributed by atoms with van der Waals surface area (Å²) in [4.78, 5) is 25.2. The van der Waals surface area contributed by atoms with Crippen molar-refractivity contribution in [2.75, 3.05) is 19.6 Å². The summed E-state index contributed by atoms with van der Waals surface area (Å²) in [5.74, 6) is -1.23. The monoisotopic (exact) mass is 352 g/mol. The van der Waals surface area contributed by atoms with Crippen molar-refractivity contribution in [1.29, 1.82) is 0 Å². The lowest BCUT2D eigenvalue weighted by atomic mass is 9.90. The van der Waals surface area contributed by atoms with E-state index in [9.17, 15) is 23.1 Å². The second-order valence-electron chi connectivity index (χ2n) is 6.01. The molecule has 1 aliphatic rings. The molecule has 1 fully saturated rings. The van der Waals surface area contributed by atoms with Crippen LogP contribution in [0.4, 0.5) is 0 Å². The van der Waals surface area contributed by atoms with Crippen molar-refractivity contribution in [2.24, 2.45) is 5.41 Å². The average molecular weight is 352 g/mol. The molecular formula is C16H20N2O5S. The van der Waals surface area contributed by atoms with Crippen LogP contribution in [0.25, 0.3) is 0 Å². The summed E-state index contributed by atoms with van der Waals surface area (Å²) >= 11 is 0. The second kappa shape index (κ2) is 6.74. The number of sulfonamides is 1. The van der Waals surface area contributed by atoms with Gasteiger partial charge in [-0.05, 0) is 37.6 Å². The molecule has 0 aromatic heterocycles. The van der Waals surface area contributed by atoms with Gasteiger partial charge < -0.3 is 10.0 Å². The van der Waals surface area contributed by atoms with Gasteiger partial charge in [0.2, 0.25) is 10.0 Å². The highest BCUT2D eigenvalue weighted by atomic mass is 32.2. The Morgan fingerprint density at radius 2 is 2.00 bits per heavy atom. The van der Waals surface area contributed by atoms with Gasteiger partial charge >= 0.3 is 5.97 Å². The van der Waals surface area contributed by atoms with Gasteiger partial charge in [0.05, 0.1) is 10.3 Å². The van der Waals surface area contributed by atoms with Crippen molar-refractivity contribution < 1.29 is 23.1 Å². The zero-order valence-corrected chi connectivity index (χ0v) is 14.2. The highest BCUT2D eigenvalue weighted by Gasteiger charge is 2.42. The third-order valence-corrected chi connectivity index (χ3v) is 5.55. The number of nitrogens with zero attached hydrogens (tertiary/aromatic N) is 1. The zero-order valence-electron chi connectivity index (χ0n) is 13.4. The van der Waals surface area contributed by atoms with Gasteiger partial charge in [0, 0.05) is 25.2 Å². The zero-order chi connectivity index (χ0) is 18.0. The summed E-state index contributed by atoms with van der Waals surface area (Å²) in [6.45, 7) is 5.68. The highest BCUT2D eigenvalue weighted by molar-refractivity contribution is 7.89. The number of rotatable bonds is 6. The van der Waals surface area contributed by atoms with Crippen molar-refractivity contribution in [1.82, 2.24) is 9.62 Å². The normalized spacial score (nSPS) is 20.8. The van der Waals surface area contributed by atoms with Crippen molar-refractivity contribution in [3.63, 3.8) is 0 Å². The first-order chi connectivity index (χ1) is 11.2. The Hall–Kier alpha value is -2.19. The molecule has 1 amide bonds. The lowest BCUT2D eigenvalue weighted by Crippen LogP contribution is -2.34. The van der Waals surface area contributed by atoms with Crippen LogP contribution in [0.15, 0.2) is 41.8 Å². The van der Waals surface area contributed by atoms with Crippen LogP contribution in [-0.2, 0) is 14.8 Å². The fourth-order valence-corrected chi connectivity index (χ4v) is 3.52. The van der Waals surface area contributed by atoms with Gasteiger partial charge in [-0.2, -0.15) is 0 Å². The fourth-order valence-electron chi connectivity index (χ4n) is 2.52. The maximum Gasteiger partial charge on any atom is 0.311 e. The predicted molar refractivity (Wildman–Crippen MR) is 88.1 cm³/mol. The molecule has 1 aromatic rings. The van der Waals surface area contributed by atoms with Crippen LogP contribution in [0, 0.1) is 5.41 Å². The van der Waals surface area contributed by atoms with E-state index in [0.29, 0.717) is 18.5 Å². The fraction of sp³-hybridized carbons (Fsp3) is 0.375. The van der Waals surface area contributed by atoms with Gasteiger partial charge in [0.25, 0.3) is 5.91 Å². The van der Waals surface area contributed by atoms with Crippen molar-refractivity contribution in [3.8, 4) is 0 Å². The van der Waals surface area contributed by atoms with Crippen molar-refractivity contribution in [3.05, 3.63) is 42.5 Å². The number of carbonyl (C=O) groups excluding carboxylic acids is 1. The molecular weight excluding hydrogens is 332 g/mol. The van der Waals surface area contributed by atoms with E-state index < -0.39 is 21.4 Å². The van der Waals surface area contributed by atoms with E-state index in [-0.39, 0.29) is 23.9 Å². The first kappa shape index (κ1) is 18.2. The van der Waals surface area contributed by atoms with Crippen LogP contribution >= 0.6 is 0 Å². The Morgan fingerprint density at radius 1 is 1.38 bits per heavy atom. The third kappa shape index (κ3) is 3.65. The molecule has 0 aliphatic carbocycles. The van der Waals surface area contributed by atoms with Crippen LogP contribution in [0.3, 0.4) is 0 Å². The molecule has 8 heteroatoms. The van der Waals surface area contributed by atoms with E-state index in [0.717, 1.165) is 0 Å². The van der Waals surface area contributed by atoms with E-state index in [1.54, 1.807) is 6.92 Å². The molecule has 7 nitrogen and oxygen atoms in total. The molecule has 1 unspecified atom stereocenters. The van der Waals surface area contributed by atoms with Gasteiger partial charge in [-0.25, -0.2) is 13.1 Å². The largest absolute Gasteiger partial charge is 0.481 e. The number of carboxylic acids is 1. The number of benzene rings is 1. The van der Waals surface area contributed by atoms with Crippen LogP contribution < -0.4 is 4.72 Å². The minimum Gasteiger partial charge on any atom is -0.481 e. The lowest BCUT2D eigenvalue weighted by Gasteiger charge is -2.20. The molecule has 24 heavy (non-hydrogen) atoms.